The van der Waals surface area contributed by atoms with Crippen LogP contribution in [-0.2, 0) is 15.4 Å². The van der Waals surface area contributed by atoms with Gasteiger partial charge in [-0.15, -0.1) is 0 Å². The number of hydrogen-bond donors (Lipinski definition) is 2. The Morgan fingerprint density at radius 2 is 1.58 bits per heavy atom. The second-order valence-electron chi connectivity index (χ2n) is 5.39. The van der Waals surface area contributed by atoms with Gasteiger partial charge in [-0.3, -0.25) is 4.57 Å². The highest BCUT2D eigenvalue weighted by atomic mass is 32.1. The lowest BCUT2D eigenvalue weighted by molar-refractivity contribution is 0.144. The SMILES string of the molecule is O=P(O)(Cc1ccsc1)ONC(c1ccccc1)c1ccccc1. The van der Waals surface area contributed by atoms with E-state index in [-0.39, 0.29) is 12.2 Å². The van der Waals surface area contributed by atoms with E-state index in [0.29, 0.717) is 0 Å². The first-order valence-corrected chi connectivity index (χ1v) is 10.2. The fraction of sp³-hybridized carbons (Fsp3) is 0.111. The lowest BCUT2D eigenvalue weighted by Crippen LogP contribution is -2.22. The molecule has 6 heteroatoms. The van der Waals surface area contributed by atoms with E-state index < -0.39 is 7.60 Å². The Morgan fingerprint density at radius 3 is 2.08 bits per heavy atom. The van der Waals surface area contributed by atoms with E-state index in [4.69, 9.17) is 4.62 Å². The van der Waals surface area contributed by atoms with Crippen molar-refractivity contribution in [2.45, 2.75) is 12.2 Å². The third-order valence-electron chi connectivity index (χ3n) is 3.54. The van der Waals surface area contributed by atoms with Crippen LogP contribution in [0, 0.1) is 0 Å². The molecular weight excluding hydrogens is 341 g/mol. The number of benzene rings is 2. The average molecular weight is 359 g/mol. The summed E-state index contributed by atoms with van der Waals surface area (Å²) in [6, 6.07) is 20.9. The van der Waals surface area contributed by atoms with Crippen LogP contribution in [-0.4, -0.2) is 4.89 Å². The second-order valence-corrected chi connectivity index (χ2v) is 7.94. The van der Waals surface area contributed by atoms with Crippen LogP contribution < -0.4 is 5.48 Å². The molecule has 4 nitrogen and oxygen atoms in total. The van der Waals surface area contributed by atoms with E-state index >= 15 is 0 Å². The number of hydroxylamine groups is 1. The van der Waals surface area contributed by atoms with E-state index in [0.717, 1.165) is 16.7 Å². The molecule has 0 aliphatic rings. The van der Waals surface area contributed by atoms with Gasteiger partial charge in [-0.2, -0.15) is 16.8 Å². The molecule has 1 aromatic heterocycles. The number of nitrogens with one attached hydrogen (secondary N) is 1. The van der Waals surface area contributed by atoms with Gasteiger partial charge in [0.05, 0.1) is 12.2 Å². The summed E-state index contributed by atoms with van der Waals surface area (Å²) in [6.07, 6.45) is -0.0141. The van der Waals surface area contributed by atoms with Crippen LogP contribution >= 0.6 is 18.9 Å². The molecule has 24 heavy (non-hydrogen) atoms. The predicted octanol–water partition coefficient (Wildman–Crippen LogP) is 4.74. The molecule has 2 aromatic carbocycles. The molecule has 0 saturated carbocycles. The van der Waals surface area contributed by atoms with Gasteiger partial charge in [0, 0.05) is 0 Å². The summed E-state index contributed by atoms with van der Waals surface area (Å²) < 4.78 is 17.6. The molecule has 124 valence electrons. The zero-order valence-corrected chi connectivity index (χ0v) is 14.6. The summed E-state index contributed by atoms with van der Waals surface area (Å²) in [7, 11) is -3.78. The van der Waals surface area contributed by atoms with Gasteiger partial charge >= 0.3 is 7.60 Å². The zero-order valence-electron chi connectivity index (χ0n) is 12.9. The maximum absolute atomic E-state index is 12.3. The van der Waals surface area contributed by atoms with Crippen LogP contribution in [0.15, 0.2) is 77.5 Å². The molecule has 0 amide bonds. The van der Waals surface area contributed by atoms with Crippen molar-refractivity contribution in [1.82, 2.24) is 5.48 Å². The van der Waals surface area contributed by atoms with Crippen molar-refractivity contribution in [2.24, 2.45) is 0 Å². The molecule has 1 unspecified atom stereocenters. The smallest absolute Gasteiger partial charge is 0.323 e. The van der Waals surface area contributed by atoms with Crippen molar-refractivity contribution in [3.63, 3.8) is 0 Å². The maximum atomic E-state index is 12.3. The van der Waals surface area contributed by atoms with Gasteiger partial charge in [0.25, 0.3) is 0 Å². The minimum absolute atomic E-state index is 0.0141. The molecular formula is C18H18NO3PS. The molecule has 0 aliphatic heterocycles. The molecule has 0 aliphatic carbocycles. The molecule has 0 spiro atoms. The van der Waals surface area contributed by atoms with Gasteiger partial charge in [-0.05, 0) is 33.5 Å². The number of hydrogen-bond acceptors (Lipinski definition) is 4. The van der Waals surface area contributed by atoms with Crippen LogP contribution in [0.2, 0.25) is 0 Å². The zero-order chi connectivity index (χ0) is 16.8. The highest BCUT2D eigenvalue weighted by molar-refractivity contribution is 7.51. The Balaban J connectivity index is 1.76. The molecule has 1 heterocycles. The van der Waals surface area contributed by atoms with Gasteiger partial charge in [0.15, 0.2) is 0 Å². The summed E-state index contributed by atoms with van der Waals surface area (Å²) in [4.78, 5) is 10.1. The highest BCUT2D eigenvalue weighted by Gasteiger charge is 2.24. The number of rotatable bonds is 7. The lowest BCUT2D eigenvalue weighted by atomic mass is 10.00. The van der Waals surface area contributed by atoms with Crippen molar-refractivity contribution < 1.29 is 14.1 Å². The molecule has 0 radical (unpaired) electrons. The predicted molar refractivity (Wildman–Crippen MR) is 96.8 cm³/mol. The Morgan fingerprint density at radius 1 is 1.00 bits per heavy atom. The van der Waals surface area contributed by atoms with Gasteiger partial charge in [-0.25, -0.2) is 4.62 Å². The topological polar surface area (TPSA) is 58.6 Å². The summed E-state index contributed by atoms with van der Waals surface area (Å²) in [5, 5.41) is 3.72. The molecule has 3 aromatic rings. The molecule has 0 bridgehead atoms. The Hall–Kier alpha value is -1.75. The Bertz CT molecular complexity index is 754. The summed E-state index contributed by atoms with van der Waals surface area (Å²) in [6.45, 7) is 0. The summed E-state index contributed by atoms with van der Waals surface area (Å²) >= 11 is 1.49. The first kappa shape index (κ1) is 17.1. The Labute approximate surface area is 145 Å². The Kier molecular flexibility index (Phi) is 5.61. The standard InChI is InChI=1S/C18H18NO3PS/c20-23(21,13-15-11-12-24-14-15)22-19-18(16-7-3-1-4-8-16)17-9-5-2-6-10-17/h1-12,14,18-19H,13H2,(H,20,21). The van der Waals surface area contributed by atoms with E-state index in [1.54, 1.807) is 0 Å². The van der Waals surface area contributed by atoms with Crippen molar-refractivity contribution >= 4 is 18.9 Å². The number of thiophene rings is 1. The van der Waals surface area contributed by atoms with Crippen molar-refractivity contribution in [3.05, 3.63) is 94.2 Å². The summed E-state index contributed by atoms with van der Waals surface area (Å²) in [5.41, 5.74) is 5.51. The van der Waals surface area contributed by atoms with Crippen LogP contribution in [0.25, 0.3) is 0 Å². The van der Waals surface area contributed by atoms with Crippen LogP contribution in [0.5, 0.6) is 0 Å². The fourth-order valence-corrected chi connectivity index (χ4v) is 4.19. The van der Waals surface area contributed by atoms with E-state index in [2.05, 4.69) is 5.48 Å². The quantitative estimate of drug-likeness (QED) is 0.472. The monoisotopic (exact) mass is 359 g/mol. The minimum Gasteiger partial charge on any atom is -0.323 e. The van der Waals surface area contributed by atoms with Crippen LogP contribution in [0.4, 0.5) is 0 Å². The van der Waals surface area contributed by atoms with Gasteiger partial charge in [-0.1, -0.05) is 60.7 Å². The molecule has 2 N–H and O–H groups in total. The van der Waals surface area contributed by atoms with E-state index in [1.165, 1.54) is 11.3 Å². The molecule has 0 saturated heterocycles. The fourth-order valence-electron chi connectivity index (χ4n) is 2.40. The van der Waals surface area contributed by atoms with Crippen LogP contribution in [0.1, 0.15) is 22.7 Å². The van der Waals surface area contributed by atoms with Gasteiger partial charge < -0.3 is 4.89 Å². The van der Waals surface area contributed by atoms with E-state index in [9.17, 15) is 9.46 Å². The first-order valence-electron chi connectivity index (χ1n) is 7.51. The second kappa shape index (κ2) is 7.88. The molecule has 1 atom stereocenters. The lowest BCUT2D eigenvalue weighted by Gasteiger charge is -2.21. The highest BCUT2D eigenvalue weighted by Crippen LogP contribution is 2.45. The average Bonchev–Trinajstić information content (AvgIpc) is 3.09. The maximum Gasteiger partial charge on any atom is 0.348 e. The van der Waals surface area contributed by atoms with Crippen molar-refractivity contribution in [2.75, 3.05) is 0 Å². The summed E-state index contributed by atoms with van der Waals surface area (Å²) in [5.74, 6) is 0. The molecule has 3 rings (SSSR count). The normalized spacial score (nSPS) is 13.8. The largest absolute Gasteiger partial charge is 0.348 e. The van der Waals surface area contributed by atoms with Gasteiger partial charge in [0.1, 0.15) is 0 Å². The van der Waals surface area contributed by atoms with Gasteiger partial charge in [0.2, 0.25) is 0 Å². The van der Waals surface area contributed by atoms with Crippen molar-refractivity contribution in [1.29, 1.82) is 0 Å². The third kappa shape index (κ3) is 4.63. The third-order valence-corrected chi connectivity index (χ3v) is 5.43. The minimum atomic E-state index is -3.78. The van der Waals surface area contributed by atoms with Crippen molar-refractivity contribution in [3.8, 4) is 0 Å². The first-order chi connectivity index (χ1) is 11.6. The molecule has 0 fully saturated rings. The van der Waals surface area contributed by atoms with Crippen LogP contribution in [0.3, 0.4) is 0 Å². The van der Waals surface area contributed by atoms with E-state index in [1.807, 2.05) is 77.5 Å².